The Morgan fingerprint density at radius 2 is 2.07 bits per heavy atom. The fourth-order valence-electron chi connectivity index (χ4n) is 1.93. The van der Waals surface area contributed by atoms with E-state index in [1.165, 1.54) is 0 Å². The van der Waals surface area contributed by atoms with Gasteiger partial charge in [-0.25, -0.2) is 0 Å². The van der Waals surface area contributed by atoms with E-state index in [0.717, 1.165) is 6.54 Å². The molecule has 3 atom stereocenters. The highest BCUT2D eigenvalue weighted by Gasteiger charge is 2.31. The Hall–Kier alpha value is 0.160. The molecule has 0 spiro atoms. The van der Waals surface area contributed by atoms with Crippen LogP contribution in [0.4, 0.5) is 0 Å². The number of amides is 1. The van der Waals surface area contributed by atoms with Crippen LogP contribution in [0.25, 0.3) is 0 Å². The lowest BCUT2D eigenvalue weighted by Gasteiger charge is -2.30. The van der Waals surface area contributed by atoms with Gasteiger partial charge < -0.3 is 10.6 Å². The molecule has 0 aromatic rings. The van der Waals surface area contributed by atoms with Crippen LogP contribution in [0, 0.1) is 11.8 Å². The second-order valence-corrected chi connectivity index (χ2v) is 6.27. The normalized spacial score (nSPS) is 31.1. The van der Waals surface area contributed by atoms with Crippen molar-refractivity contribution in [3.8, 4) is 0 Å². The third kappa shape index (κ3) is 3.08. The number of hydrogen-bond donors (Lipinski definition) is 2. The van der Waals surface area contributed by atoms with Crippen molar-refractivity contribution in [2.75, 3.05) is 13.1 Å². The van der Waals surface area contributed by atoms with Gasteiger partial charge in [0.1, 0.15) is 0 Å². The summed E-state index contributed by atoms with van der Waals surface area (Å²) in [7, 11) is 0. The van der Waals surface area contributed by atoms with Crippen molar-refractivity contribution >= 4 is 28.5 Å². The van der Waals surface area contributed by atoms with Gasteiger partial charge in [-0.05, 0) is 5.92 Å². The summed E-state index contributed by atoms with van der Waals surface area (Å²) in [5, 5.41) is 6.30. The van der Waals surface area contributed by atoms with Crippen LogP contribution in [0.5, 0.6) is 0 Å². The highest BCUT2D eigenvalue weighted by molar-refractivity contribution is 14.1. The SMILES string of the molecule is CC(C)C1NC(=O)CNCC1C(C)I. The van der Waals surface area contributed by atoms with Crippen molar-refractivity contribution in [1.29, 1.82) is 0 Å². The summed E-state index contributed by atoms with van der Waals surface area (Å²) in [6.07, 6.45) is 0. The summed E-state index contributed by atoms with van der Waals surface area (Å²) in [4.78, 5) is 11.4. The number of hydrogen-bond acceptors (Lipinski definition) is 2. The quantitative estimate of drug-likeness (QED) is 0.594. The monoisotopic (exact) mass is 310 g/mol. The smallest absolute Gasteiger partial charge is 0.234 e. The summed E-state index contributed by atoms with van der Waals surface area (Å²) in [6, 6.07) is 0.310. The topological polar surface area (TPSA) is 41.1 Å². The molecule has 2 N–H and O–H groups in total. The number of alkyl halides is 1. The molecule has 0 radical (unpaired) electrons. The van der Waals surface area contributed by atoms with Crippen LogP contribution in [0.2, 0.25) is 0 Å². The van der Waals surface area contributed by atoms with Gasteiger partial charge in [-0.15, -0.1) is 0 Å². The molecular weight excluding hydrogens is 291 g/mol. The predicted molar refractivity (Wildman–Crippen MR) is 66.6 cm³/mol. The van der Waals surface area contributed by atoms with E-state index in [9.17, 15) is 4.79 Å². The average Bonchev–Trinajstić information content (AvgIpc) is 2.26. The molecule has 0 saturated carbocycles. The molecule has 1 aliphatic heterocycles. The van der Waals surface area contributed by atoms with Crippen molar-refractivity contribution < 1.29 is 4.79 Å². The number of carbonyl (C=O) groups is 1. The van der Waals surface area contributed by atoms with Crippen LogP contribution in [-0.2, 0) is 4.79 Å². The molecule has 4 heteroatoms. The highest BCUT2D eigenvalue weighted by atomic mass is 127. The predicted octanol–water partition coefficient (Wildman–Crippen LogP) is 1.17. The number of nitrogens with one attached hydrogen (secondary N) is 2. The van der Waals surface area contributed by atoms with Crippen LogP contribution >= 0.6 is 22.6 Å². The molecule has 1 heterocycles. The lowest BCUT2D eigenvalue weighted by atomic mass is 9.88. The molecule has 1 aliphatic rings. The van der Waals surface area contributed by atoms with Crippen LogP contribution in [-0.4, -0.2) is 29.0 Å². The molecule has 0 aliphatic carbocycles. The van der Waals surface area contributed by atoms with Crippen LogP contribution in [0.15, 0.2) is 0 Å². The lowest BCUT2D eigenvalue weighted by Crippen LogP contribution is -2.45. The maximum absolute atomic E-state index is 11.4. The molecule has 0 bridgehead atoms. The fourth-order valence-corrected chi connectivity index (χ4v) is 2.63. The number of rotatable bonds is 2. The van der Waals surface area contributed by atoms with Crippen molar-refractivity contribution in [3.63, 3.8) is 0 Å². The molecule has 0 aromatic heterocycles. The summed E-state index contributed by atoms with van der Waals surface area (Å²) >= 11 is 2.44. The van der Waals surface area contributed by atoms with Gasteiger partial charge in [-0.1, -0.05) is 43.4 Å². The molecule has 1 saturated heterocycles. The van der Waals surface area contributed by atoms with Crippen LogP contribution in [0.3, 0.4) is 0 Å². The van der Waals surface area contributed by atoms with Crippen molar-refractivity contribution in [1.82, 2.24) is 10.6 Å². The van der Waals surface area contributed by atoms with E-state index in [-0.39, 0.29) is 5.91 Å². The first kappa shape index (κ1) is 12.2. The lowest BCUT2D eigenvalue weighted by molar-refractivity contribution is -0.120. The summed E-state index contributed by atoms with van der Waals surface area (Å²) in [5.41, 5.74) is 0. The van der Waals surface area contributed by atoms with Gasteiger partial charge in [-0.2, -0.15) is 0 Å². The van der Waals surface area contributed by atoms with E-state index in [2.05, 4.69) is 54.0 Å². The Balaban J connectivity index is 2.74. The van der Waals surface area contributed by atoms with Crippen LogP contribution in [0.1, 0.15) is 20.8 Å². The van der Waals surface area contributed by atoms with E-state index >= 15 is 0 Å². The average molecular weight is 310 g/mol. The molecular formula is C10H19IN2O. The van der Waals surface area contributed by atoms with Gasteiger partial charge >= 0.3 is 0 Å². The van der Waals surface area contributed by atoms with Gasteiger partial charge in [0.05, 0.1) is 6.54 Å². The molecule has 1 rings (SSSR count). The zero-order valence-electron chi connectivity index (χ0n) is 9.01. The van der Waals surface area contributed by atoms with E-state index in [1.807, 2.05) is 0 Å². The Morgan fingerprint density at radius 1 is 1.43 bits per heavy atom. The Morgan fingerprint density at radius 3 is 2.57 bits per heavy atom. The van der Waals surface area contributed by atoms with Gasteiger partial charge in [0.15, 0.2) is 0 Å². The zero-order chi connectivity index (χ0) is 10.7. The van der Waals surface area contributed by atoms with E-state index in [1.54, 1.807) is 0 Å². The van der Waals surface area contributed by atoms with Gasteiger partial charge in [0.2, 0.25) is 5.91 Å². The molecule has 1 fully saturated rings. The van der Waals surface area contributed by atoms with Crippen molar-refractivity contribution in [2.24, 2.45) is 11.8 Å². The third-order valence-electron chi connectivity index (χ3n) is 2.76. The Labute approximate surface area is 99.5 Å². The molecule has 3 unspecified atom stereocenters. The van der Waals surface area contributed by atoms with Gasteiger partial charge in [0.25, 0.3) is 0 Å². The largest absolute Gasteiger partial charge is 0.352 e. The van der Waals surface area contributed by atoms with Crippen molar-refractivity contribution in [2.45, 2.75) is 30.7 Å². The minimum Gasteiger partial charge on any atom is -0.352 e. The van der Waals surface area contributed by atoms with E-state index in [0.29, 0.717) is 28.3 Å². The standard InChI is InChI=1S/C10H19IN2O/c1-6(2)10-8(7(3)11)4-12-5-9(14)13-10/h6-8,10,12H,4-5H2,1-3H3,(H,13,14). The minimum absolute atomic E-state index is 0.128. The molecule has 0 aromatic carbocycles. The van der Waals surface area contributed by atoms with E-state index in [4.69, 9.17) is 0 Å². The first-order valence-electron chi connectivity index (χ1n) is 5.16. The summed E-state index contributed by atoms with van der Waals surface area (Å²) < 4.78 is 0.575. The highest BCUT2D eigenvalue weighted by Crippen LogP contribution is 2.22. The summed E-state index contributed by atoms with van der Waals surface area (Å²) in [6.45, 7) is 7.94. The zero-order valence-corrected chi connectivity index (χ0v) is 11.2. The number of halogens is 1. The summed E-state index contributed by atoms with van der Waals surface area (Å²) in [5.74, 6) is 1.16. The first-order valence-corrected chi connectivity index (χ1v) is 6.41. The second kappa shape index (κ2) is 5.30. The third-order valence-corrected chi connectivity index (χ3v) is 3.69. The molecule has 3 nitrogen and oxygen atoms in total. The van der Waals surface area contributed by atoms with E-state index < -0.39 is 0 Å². The Kier molecular flexibility index (Phi) is 4.63. The maximum atomic E-state index is 11.4. The van der Waals surface area contributed by atoms with Crippen molar-refractivity contribution in [3.05, 3.63) is 0 Å². The number of carbonyl (C=O) groups excluding carboxylic acids is 1. The van der Waals surface area contributed by atoms with Gasteiger partial charge in [0, 0.05) is 22.4 Å². The Bertz CT molecular complexity index is 206. The molecule has 1 amide bonds. The maximum Gasteiger partial charge on any atom is 0.234 e. The van der Waals surface area contributed by atoms with Crippen LogP contribution < -0.4 is 10.6 Å². The van der Waals surface area contributed by atoms with Gasteiger partial charge in [-0.3, -0.25) is 4.79 Å². The minimum atomic E-state index is 0.128. The fraction of sp³-hybridized carbons (Fsp3) is 0.900. The first-order chi connectivity index (χ1) is 6.52. The molecule has 14 heavy (non-hydrogen) atoms. The second-order valence-electron chi connectivity index (χ2n) is 4.31. The molecule has 82 valence electrons.